The van der Waals surface area contributed by atoms with Crippen molar-refractivity contribution in [1.82, 2.24) is 14.9 Å². The van der Waals surface area contributed by atoms with Gasteiger partial charge in [0.2, 0.25) is 5.95 Å². The summed E-state index contributed by atoms with van der Waals surface area (Å²) in [5, 5.41) is 0. The van der Waals surface area contributed by atoms with Crippen LogP contribution in [-0.2, 0) is 6.54 Å². The van der Waals surface area contributed by atoms with E-state index in [0.717, 1.165) is 43.0 Å². The average Bonchev–Trinajstić information content (AvgIpc) is 2.72. The minimum absolute atomic E-state index is 0.570. The zero-order valence-corrected chi connectivity index (χ0v) is 14.4. The van der Waals surface area contributed by atoms with E-state index in [1.54, 1.807) is 0 Å². The second-order valence-corrected chi connectivity index (χ2v) is 6.70. The van der Waals surface area contributed by atoms with Crippen molar-refractivity contribution >= 4 is 21.9 Å². The Bertz CT molecular complexity index is 587. The molecule has 0 bridgehead atoms. The summed E-state index contributed by atoms with van der Waals surface area (Å²) in [5.74, 6) is 0.831. The summed E-state index contributed by atoms with van der Waals surface area (Å²) in [7, 11) is 0. The second-order valence-electron chi connectivity index (χ2n) is 5.78. The number of benzene rings is 1. The van der Waals surface area contributed by atoms with Gasteiger partial charge in [-0.3, -0.25) is 4.90 Å². The highest BCUT2D eigenvalue weighted by Gasteiger charge is 2.22. The van der Waals surface area contributed by atoms with Gasteiger partial charge in [0.15, 0.2) is 0 Å². The van der Waals surface area contributed by atoms with Crippen LogP contribution in [0.1, 0.15) is 18.9 Å². The summed E-state index contributed by atoms with van der Waals surface area (Å²) in [6.45, 7) is 6.34. The number of nitrogens with zero attached hydrogens (tertiary/aromatic N) is 4. The van der Waals surface area contributed by atoms with Crippen LogP contribution < -0.4 is 4.90 Å². The van der Waals surface area contributed by atoms with Gasteiger partial charge in [-0.25, -0.2) is 9.97 Å². The number of rotatable bonds is 3. The van der Waals surface area contributed by atoms with E-state index in [0.29, 0.717) is 6.04 Å². The molecule has 2 aromatic rings. The highest BCUT2D eigenvalue weighted by molar-refractivity contribution is 9.10. The molecule has 3 rings (SSSR count). The molecule has 0 spiro atoms. The topological polar surface area (TPSA) is 32.3 Å². The van der Waals surface area contributed by atoms with Crippen LogP contribution in [-0.4, -0.2) is 40.5 Å². The van der Waals surface area contributed by atoms with E-state index in [9.17, 15) is 0 Å². The predicted octanol–water partition coefficient (Wildman–Crippen LogP) is 3.34. The van der Waals surface area contributed by atoms with Crippen molar-refractivity contribution < 1.29 is 0 Å². The first-order chi connectivity index (χ1) is 10.7. The first-order valence-electron chi connectivity index (χ1n) is 7.73. The number of aromatic nitrogens is 2. The zero-order chi connectivity index (χ0) is 15.4. The summed E-state index contributed by atoms with van der Waals surface area (Å²) in [5.41, 5.74) is 1.38. The van der Waals surface area contributed by atoms with Gasteiger partial charge < -0.3 is 4.90 Å². The SMILES string of the molecule is CC1CCN(c2ncc(Br)cn2)CCN1Cc1ccccc1. The summed E-state index contributed by atoms with van der Waals surface area (Å²) in [6.07, 6.45) is 4.77. The third-order valence-corrected chi connectivity index (χ3v) is 4.62. The number of hydrogen-bond donors (Lipinski definition) is 0. The van der Waals surface area contributed by atoms with Crippen LogP contribution in [0.2, 0.25) is 0 Å². The Labute approximate surface area is 140 Å². The van der Waals surface area contributed by atoms with E-state index in [1.165, 1.54) is 5.56 Å². The van der Waals surface area contributed by atoms with Gasteiger partial charge in [-0.1, -0.05) is 30.3 Å². The maximum atomic E-state index is 4.43. The summed E-state index contributed by atoms with van der Waals surface area (Å²) in [6, 6.07) is 11.3. The lowest BCUT2D eigenvalue weighted by Gasteiger charge is -2.26. The highest BCUT2D eigenvalue weighted by atomic mass is 79.9. The van der Waals surface area contributed by atoms with Crippen molar-refractivity contribution in [3.63, 3.8) is 0 Å². The summed E-state index contributed by atoms with van der Waals surface area (Å²) >= 11 is 3.39. The Morgan fingerprint density at radius 2 is 1.82 bits per heavy atom. The van der Waals surface area contributed by atoms with E-state index in [2.05, 4.69) is 73.0 Å². The lowest BCUT2D eigenvalue weighted by atomic mass is 10.1. The van der Waals surface area contributed by atoms with Crippen molar-refractivity contribution in [2.45, 2.75) is 25.9 Å². The van der Waals surface area contributed by atoms with Crippen molar-refractivity contribution in [1.29, 1.82) is 0 Å². The first-order valence-corrected chi connectivity index (χ1v) is 8.52. The second kappa shape index (κ2) is 7.20. The fraction of sp³-hybridized carbons (Fsp3) is 0.412. The maximum absolute atomic E-state index is 4.43. The molecule has 1 aliphatic rings. The fourth-order valence-electron chi connectivity index (χ4n) is 2.83. The van der Waals surface area contributed by atoms with Crippen LogP contribution in [0.3, 0.4) is 0 Å². The predicted molar refractivity (Wildman–Crippen MR) is 92.9 cm³/mol. The van der Waals surface area contributed by atoms with Gasteiger partial charge in [0.05, 0.1) is 4.47 Å². The van der Waals surface area contributed by atoms with Crippen LogP contribution >= 0.6 is 15.9 Å². The van der Waals surface area contributed by atoms with Gasteiger partial charge in [0, 0.05) is 44.6 Å². The van der Waals surface area contributed by atoms with Gasteiger partial charge >= 0.3 is 0 Å². The van der Waals surface area contributed by atoms with Crippen LogP contribution in [0.4, 0.5) is 5.95 Å². The molecule has 0 aliphatic carbocycles. The molecule has 1 fully saturated rings. The largest absolute Gasteiger partial charge is 0.339 e. The monoisotopic (exact) mass is 360 g/mol. The van der Waals surface area contributed by atoms with E-state index < -0.39 is 0 Å². The Morgan fingerprint density at radius 1 is 1.09 bits per heavy atom. The van der Waals surface area contributed by atoms with Crippen LogP contribution in [0.15, 0.2) is 47.2 Å². The fourth-order valence-corrected chi connectivity index (χ4v) is 3.03. The standard InChI is InChI=1S/C17H21BrN4/c1-14-7-8-21(17-19-11-16(18)12-20-17)9-10-22(14)13-15-5-3-2-4-6-15/h2-6,11-12,14H,7-10,13H2,1H3. The molecule has 22 heavy (non-hydrogen) atoms. The quantitative estimate of drug-likeness (QED) is 0.840. The number of hydrogen-bond acceptors (Lipinski definition) is 4. The molecule has 2 heterocycles. The van der Waals surface area contributed by atoms with Crippen LogP contribution in [0.5, 0.6) is 0 Å². The van der Waals surface area contributed by atoms with Gasteiger partial charge in [-0.2, -0.15) is 0 Å². The molecule has 0 amide bonds. The molecule has 4 nitrogen and oxygen atoms in total. The summed E-state index contributed by atoms with van der Waals surface area (Å²) in [4.78, 5) is 13.7. The molecular weight excluding hydrogens is 340 g/mol. The van der Waals surface area contributed by atoms with Crippen molar-refractivity contribution in [3.8, 4) is 0 Å². The molecule has 1 aliphatic heterocycles. The van der Waals surface area contributed by atoms with E-state index >= 15 is 0 Å². The molecule has 0 saturated carbocycles. The lowest BCUT2D eigenvalue weighted by Crippen LogP contribution is -2.34. The molecule has 1 unspecified atom stereocenters. The Morgan fingerprint density at radius 3 is 2.55 bits per heavy atom. The third-order valence-electron chi connectivity index (χ3n) is 4.22. The molecule has 1 saturated heterocycles. The van der Waals surface area contributed by atoms with E-state index in [4.69, 9.17) is 0 Å². The van der Waals surface area contributed by atoms with Gasteiger partial charge in [-0.05, 0) is 34.8 Å². The molecule has 1 atom stereocenters. The molecule has 0 N–H and O–H groups in total. The molecular formula is C17H21BrN4. The van der Waals surface area contributed by atoms with Crippen molar-refractivity contribution in [2.24, 2.45) is 0 Å². The van der Waals surface area contributed by atoms with Crippen LogP contribution in [0.25, 0.3) is 0 Å². The lowest BCUT2D eigenvalue weighted by molar-refractivity contribution is 0.212. The normalized spacial score (nSPS) is 19.9. The van der Waals surface area contributed by atoms with E-state index in [-0.39, 0.29) is 0 Å². The third kappa shape index (κ3) is 3.84. The Kier molecular flexibility index (Phi) is 5.05. The Hall–Kier alpha value is -1.46. The molecule has 0 radical (unpaired) electrons. The zero-order valence-electron chi connectivity index (χ0n) is 12.8. The smallest absolute Gasteiger partial charge is 0.225 e. The molecule has 1 aromatic heterocycles. The Balaban J connectivity index is 1.66. The number of anilines is 1. The molecule has 1 aromatic carbocycles. The minimum atomic E-state index is 0.570. The first kappa shape index (κ1) is 15.4. The summed E-state index contributed by atoms with van der Waals surface area (Å²) < 4.78 is 0.921. The highest BCUT2D eigenvalue weighted by Crippen LogP contribution is 2.18. The average molecular weight is 361 g/mol. The van der Waals surface area contributed by atoms with Crippen molar-refractivity contribution in [2.75, 3.05) is 24.5 Å². The van der Waals surface area contributed by atoms with Gasteiger partial charge in [0.25, 0.3) is 0 Å². The molecule has 116 valence electrons. The van der Waals surface area contributed by atoms with Crippen LogP contribution in [0, 0.1) is 0 Å². The number of halogens is 1. The van der Waals surface area contributed by atoms with E-state index in [1.807, 2.05) is 12.4 Å². The van der Waals surface area contributed by atoms with Gasteiger partial charge in [0.1, 0.15) is 0 Å². The van der Waals surface area contributed by atoms with Gasteiger partial charge in [-0.15, -0.1) is 0 Å². The molecule has 5 heteroatoms. The van der Waals surface area contributed by atoms with Crippen molar-refractivity contribution in [3.05, 3.63) is 52.8 Å². The minimum Gasteiger partial charge on any atom is -0.339 e. The maximum Gasteiger partial charge on any atom is 0.225 e.